The summed E-state index contributed by atoms with van der Waals surface area (Å²) in [5.41, 5.74) is 0.655. The number of thiazole rings is 1. The van der Waals surface area contributed by atoms with E-state index < -0.39 is 25.9 Å². The van der Waals surface area contributed by atoms with Crippen LogP contribution in [-0.2, 0) is 10.0 Å². The molecule has 0 saturated heterocycles. The van der Waals surface area contributed by atoms with Crippen molar-refractivity contribution >= 4 is 56.2 Å². The van der Waals surface area contributed by atoms with Crippen molar-refractivity contribution in [1.82, 2.24) is 4.98 Å². The van der Waals surface area contributed by atoms with E-state index in [0.29, 0.717) is 11.3 Å². The first-order chi connectivity index (χ1) is 9.33. The molecule has 1 aromatic carbocycles. The molecule has 1 heterocycles. The maximum Gasteiger partial charge on any atom is 0.356 e. The Morgan fingerprint density at radius 2 is 2.05 bits per heavy atom. The quantitative estimate of drug-likeness (QED) is 0.881. The number of halogens is 2. The summed E-state index contributed by atoms with van der Waals surface area (Å²) in [6, 6.07) is 4.42. The van der Waals surface area contributed by atoms with Crippen molar-refractivity contribution in [3.05, 3.63) is 39.4 Å². The number of carbonyl (C=O) groups is 1. The second-order valence-electron chi connectivity index (χ2n) is 3.50. The lowest BCUT2D eigenvalue weighted by Gasteiger charge is -2.09. The predicted octanol–water partition coefficient (Wildman–Crippen LogP) is 2.95. The fourth-order valence-electron chi connectivity index (χ4n) is 1.34. The van der Waals surface area contributed by atoms with Gasteiger partial charge in [-0.05, 0) is 12.1 Å². The van der Waals surface area contributed by atoms with Gasteiger partial charge in [-0.2, -0.15) is 0 Å². The van der Waals surface area contributed by atoms with Crippen molar-refractivity contribution in [2.24, 2.45) is 0 Å². The van der Waals surface area contributed by atoms with Gasteiger partial charge in [0.1, 0.15) is 0 Å². The fraction of sp³-hybridized carbons (Fsp3) is 0. The average Bonchev–Trinajstić information content (AvgIpc) is 2.85. The normalized spacial score (nSPS) is 11.3. The van der Waals surface area contributed by atoms with Crippen LogP contribution in [0, 0.1) is 0 Å². The van der Waals surface area contributed by atoms with Crippen LogP contribution in [0.4, 0.5) is 5.69 Å². The van der Waals surface area contributed by atoms with Crippen LogP contribution in [-0.4, -0.2) is 24.5 Å². The molecule has 0 aliphatic heterocycles. The number of hydrogen-bond acceptors (Lipinski definition) is 5. The number of aromatic carboxylic acids is 1. The second-order valence-corrected chi connectivity index (χ2v) is 7.02. The van der Waals surface area contributed by atoms with Crippen molar-refractivity contribution in [1.29, 1.82) is 0 Å². The van der Waals surface area contributed by atoms with Crippen molar-refractivity contribution in [3.8, 4) is 0 Å². The summed E-state index contributed by atoms with van der Waals surface area (Å²) in [5.74, 6) is -1.43. The van der Waals surface area contributed by atoms with Gasteiger partial charge >= 0.3 is 5.97 Å². The molecule has 0 aliphatic rings. The van der Waals surface area contributed by atoms with E-state index in [1.54, 1.807) is 0 Å². The zero-order valence-corrected chi connectivity index (χ0v) is 12.6. The molecule has 10 heteroatoms. The van der Waals surface area contributed by atoms with Crippen LogP contribution in [0.3, 0.4) is 0 Å². The first kappa shape index (κ1) is 15.0. The molecule has 0 aliphatic carbocycles. The minimum absolute atomic E-state index is 0.0270. The van der Waals surface area contributed by atoms with E-state index in [0.717, 1.165) is 5.51 Å². The molecule has 20 heavy (non-hydrogen) atoms. The van der Waals surface area contributed by atoms with Crippen LogP contribution in [0.2, 0.25) is 10.0 Å². The molecule has 2 rings (SSSR count). The van der Waals surface area contributed by atoms with Crippen LogP contribution in [0.25, 0.3) is 0 Å². The predicted molar refractivity (Wildman–Crippen MR) is 76.3 cm³/mol. The lowest BCUT2D eigenvalue weighted by molar-refractivity contribution is 0.0687. The minimum Gasteiger partial charge on any atom is -0.476 e. The third kappa shape index (κ3) is 2.88. The van der Waals surface area contributed by atoms with Crippen LogP contribution < -0.4 is 4.72 Å². The number of sulfonamides is 1. The number of anilines is 1. The Bertz CT molecular complexity index is 773. The van der Waals surface area contributed by atoms with E-state index in [1.165, 1.54) is 18.2 Å². The Hall–Kier alpha value is -1.35. The number of aromatic nitrogens is 1. The van der Waals surface area contributed by atoms with Crippen molar-refractivity contribution in [3.63, 3.8) is 0 Å². The van der Waals surface area contributed by atoms with Crippen LogP contribution in [0.5, 0.6) is 0 Å². The van der Waals surface area contributed by atoms with Gasteiger partial charge in [0.2, 0.25) is 0 Å². The van der Waals surface area contributed by atoms with Gasteiger partial charge in [0.05, 0.1) is 21.2 Å². The van der Waals surface area contributed by atoms with Gasteiger partial charge in [-0.15, -0.1) is 11.3 Å². The zero-order chi connectivity index (χ0) is 14.9. The third-order valence-corrected chi connectivity index (χ3v) is 5.73. The molecular weight excluding hydrogens is 347 g/mol. The molecule has 2 aromatic rings. The smallest absolute Gasteiger partial charge is 0.356 e. The van der Waals surface area contributed by atoms with E-state index >= 15 is 0 Å². The van der Waals surface area contributed by atoms with E-state index in [9.17, 15) is 13.2 Å². The second kappa shape index (κ2) is 5.57. The highest BCUT2D eigenvalue weighted by atomic mass is 35.5. The van der Waals surface area contributed by atoms with E-state index in [4.69, 9.17) is 28.3 Å². The number of carboxylic acids is 1. The van der Waals surface area contributed by atoms with Crippen LogP contribution >= 0.6 is 34.5 Å². The van der Waals surface area contributed by atoms with Crippen molar-refractivity contribution in [2.45, 2.75) is 4.21 Å². The number of carboxylic acid groups (broad SMARTS) is 1. The Balaban J connectivity index is 2.44. The molecule has 2 N–H and O–H groups in total. The Morgan fingerprint density at radius 1 is 1.35 bits per heavy atom. The highest BCUT2D eigenvalue weighted by molar-refractivity contribution is 7.94. The van der Waals surface area contributed by atoms with Gasteiger partial charge in [0, 0.05) is 0 Å². The summed E-state index contributed by atoms with van der Waals surface area (Å²) in [5, 5.41) is 9.09. The average molecular weight is 353 g/mol. The zero-order valence-electron chi connectivity index (χ0n) is 9.50. The molecule has 0 fully saturated rings. The SMILES string of the molecule is O=C(O)c1ncsc1S(=O)(=O)Nc1cccc(Cl)c1Cl. The first-order valence-electron chi connectivity index (χ1n) is 4.96. The topological polar surface area (TPSA) is 96.4 Å². The maximum absolute atomic E-state index is 12.1. The summed E-state index contributed by atoms with van der Waals surface area (Å²) in [6.07, 6.45) is 0. The number of benzene rings is 1. The van der Waals surface area contributed by atoms with Gasteiger partial charge < -0.3 is 5.11 Å². The minimum atomic E-state index is -4.10. The standard InChI is InChI=1S/C10H6Cl2N2O4S2/c11-5-2-1-3-6(7(5)12)14-20(17,18)10-8(9(15)16)13-4-19-10/h1-4,14H,(H,15,16). The Kier molecular flexibility index (Phi) is 4.19. The van der Waals surface area contributed by atoms with Gasteiger partial charge in [0.25, 0.3) is 10.0 Å². The van der Waals surface area contributed by atoms with Crippen LogP contribution in [0.15, 0.2) is 27.9 Å². The van der Waals surface area contributed by atoms with E-state index in [-0.39, 0.29) is 15.7 Å². The molecular formula is C10H6Cl2N2O4S2. The fourth-order valence-corrected chi connectivity index (χ4v) is 3.96. The van der Waals surface area contributed by atoms with Gasteiger partial charge in [-0.1, -0.05) is 29.3 Å². The third-order valence-electron chi connectivity index (χ3n) is 2.18. The highest BCUT2D eigenvalue weighted by Crippen LogP contribution is 2.32. The molecule has 0 bridgehead atoms. The Labute approximate surface area is 128 Å². The molecule has 6 nitrogen and oxygen atoms in total. The van der Waals surface area contributed by atoms with Gasteiger partial charge in [0.15, 0.2) is 9.90 Å². The monoisotopic (exact) mass is 352 g/mol. The van der Waals surface area contributed by atoms with Gasteiger partial charge in [-0.25, -0.2) is 18.2 Å². The Morgan fingerprint density at radius 3 is 2.70 bits per heavy atom. The maximum atomic E-state index is 12.1. The summed E-state index contributed by atoms with van der Waals surface area (Å²) in [7, 11) is -4.10. The van der Waals surface area contributed by atoms with Crippen LogP contribution in [0.1, 0.15) is 10.5 Å². The number of nitrogens with one attached hydrogen (secondary N) is 1. The molecule has 0 spiro atoms. The molecule has 1 aromatic heterocycles. The van der Waals surface area contributed by atoms with Crippen molar-refractivity contribution in [2.75, 3.05) is 4.72 Å². The summed E-state index contributed by atoms with van der Waals surface area (Å²) in [4.78, 5) is 14.4. The van der Waals surface area contributed by atoms with Gasteiger partial charge in [-0.3, -0.25) is 4.72 Å². The van der Waals surface area contributed by atoms with E-state index in [1.807, 2.05) is 0 Å². The summed E-state index contributed by atoms with van der Waals surface area (Å²) in [6.45, 7) is 0. The van der Waals surface area contributed by atoms with Crippen molar-refractivity contribution < 1.29 is 18.3 Å². The number of hydrogen-bond donors (Lipinski definition) is 2. The molecule has 0 atom stereocenters. The molecule has 0 radical (unpaired) electrons. The molecule has 0 unspecified atom stereocenters. The summed E-state index contributed by atoms with van der Waals surface area (Å²) >= 11 is 12.3. The highest BCUT2D eigenvalue weighted by Gasteiger charge is 2.26. The van der Waals surface area contributed by atoms with E-state index in [2.05, 4.69) is 9.71 Å². The lowest BCUT2D eigenvalue weighted by Crippen LogP contribution is -2.15. The largest absolute Gasteiger partial charge is 0.476 e. The molecule has 0 amide bonds. The number of nitrogens with zero attached hydrogens (tertiary/aromatic N) is 1. The lowest BCUT2D eigenvalue weighted by atomic mass is 10.3. The summed E-state index contributed by atoms with van der Waals surface area (Å²) < 4.78 is 26.1. The molecule has 0 saturated carbocycles. The molecule has 106 valence electrons. The first-order valence-corrected chi connectivity index (χ1v) is 8.08. The number of rotatable bonds is 4.